The second-order valence-electron chi connectivity index (χ2n) is 2.94. The normalized spacial score (nSPS) is 12.8. The van der Waals surface area contributed by atoms with Crippen molar-refractivity contribution in [1.29, 1.82) is 0 Å². The smallest absolute Gasteiger partial charge is 0.126 e. The summed E-state index contributed by atoms with van der Waals surface area (Å²) >= 11 is 0. The van der Waals surface area contributed by atoms with Crippen LogP contribution in [-0.4, -0.2) is 16.2 Å². The first-order valence-corrected chi connectivity index (χ1v) is 4.07. The van der Waals surface area contributed by atoms with Gasteiger partial charge in [-0.25, -0.2) is 4.98 Å². The molecule has 0 spiro atoms. The third-order valence-corrected chi connectivity index (χ3v) is 1.76. The van der Waals surface area contributed by atoms with Crippen LogP contribution in [0.4, 0.5) is 5.82 Å². The molecule has 0 saturated carbocycles. The van der Waals surface area contributed by atoms with E-state index in [0.717, 1.165) is 18.4 Å². The Balaban J connectivity index is 2.57. The number of aromatic nitrogens is 1. The molecule has 3 nitrogen and oxygen atoms in total. The molecule has 0 amide bonds. The van der Waals surface area contributed by atoms with Crippen LogP contribution in [0, 0.1) is 0 Å². The molecule has 1 atom stereocenters. The minimum absolute atomic E-state index is 0.274. The highest BCUT2D eigenvalue weighted by Gasteiger charge is 2.01. The van der Waals surface area contributed by atoms with Gasteiger partial charge in [0.2, 0.25) is 0 Å². The Labute approximate surface area is 72.2 Å². The lowest BCUT2D eigenvalue weighted by Crippen LogP contribution is -2.04. The molecule has 0 aliphatic rings. The number of hydrogen-bond donors (Lipinski definition) is 2. The molecule has 12 heavy (non-hydrogen) atoms. The number of hydrogen-bond acceptors (Lipinski definition) is 3. The summed E-state index contributed by atoms with van der Waals surface area (Å²) in [4.78, 5) is 3.95. The number of nitrogens with zero attached hydrogens (tertiary/aromatic N) is 1. The number of anilines is 1. The molecule has 1 rings (SSSR count). The van der Waals surface area contributed by atoms with Crippen molar-refractivity contribution < 1.29 is 5.11 Å². The van der Waals surface area contributed by atoms with Crippen molar-refractivity contribution in [3.05, 3.63) is 23.9 Å². The molecular weight excluding hydrogens is 152 g/mol. The molecule has 1 aromatic heterocycles. The zero-order valence-electron chi connectivity index (χ0n) is 7.20. The van der Waals surface area contributed by atoms with Crippen LogP contribution in [-0.2, 0) is 6.42 Å². The fraction of sp³-hybridized carbons (Fsp3) is 0.444. The number of pyridine rings is 1. The first kappa shape index (κ1) is 9.00. The average molecular weight is 166 g/mol. The van der Waals surface area contributed by atoms with Crippen LogP contribution in [0.15, 0.2) is 18.3 Å². The van der Waals surface area contributed by atoms with Gasteiger partial charge in [-0.1, -0.05) is 6.07 Å². The molecule has 0 radical (unpaired) electrons. The average Bonchev–Trinajstić information content (AvgIpc) is 2.03. The van der Waals surface area contributed by atoms with E-state index in [2.05, 4.69) is 4.98 Å². The summed E-state index contributed by atoms with van der Waals surface area (Å²) in [5, 5.41) is 9.04. The lowest BCUT2D eigenvalue weighted by atomic mass is 10.1. The fourth-order valence-electron chi connectivity index (χ4n) is 1.03. The van der Waals surface area contributed by atoms with Gasteiger partial charge in [0.1, 0.15) is 5.82 Å². The van der Waals surface area contributed by atoms with E-state index in [1.54, 1.807) is 13.1 Å². The number of aliphatic hydroxyl groups is 1. The number of nitrogens with two attached hydrogens (primary N) is 1. The molecular formula is C9H14N2O. The third kappa shape index (κ3) is 2.51. The number of nitrogen functional groups attached to an aromatic ring is 1. The Morgan fingerprint density at radius 2 is 2.42 bits per heavy atom. The van der Waals surface area contributed by atoms with E-state index in [0.29, 0.717) is 5.82 Å². The molecule has 3 N–H and O–H groups in total. The fourth-order valence-corrected chi connectivity index (χ4v) is 1.03. The second-order valence-corrected chi connectivity index (χ2v) is 2.94. The second kappa shape index (κ2) is 4.07. The van der Waals surface area contributed by atoms with E-state index in [-0.39, 0.29) is 6.10 Å². The first-order chi connectivity index (χ1) is 5.70. The number of aliphatic hydroxyl groups excluding tert-OH is 1. The van der Waals surface area contributed by atoms with E-state index in [1.165, 1.54) is 0 Å². The molecule has 0 fully saturated rings. The van der Waals surface area contributed by atoms with Gasteiger partial charge in [0.25, 0.3) is 0 Å². The van der Waals surface area contributed by atoms with Gasteiger partial charge in [-0.15, -0.1) is 0 Å². The maximum absolute atomic E-state index is 9.04. The maximum Gasteiger partial charge on any atom is 0.126 e. The predicted octanol–water partition coefficient (Wildman–Crippen LogP) is 0.977. The Morgan fingerprint density at radius 3 is 3.00 bits per heavy atom. The standard InChI is InChI=1S/C9H14N2O/c1-7(12)4-5-8-3-2-6-11-9(8)10/h2-3,6-7,12H,4-5H2,1H3,(H2,10,11). The minimum Gasteiger partial charge on any atom is -0.393 e. The van der Waals surface area contributed by atoms with Gasteiger partial charge < -0.3 is 10.8 Å². The highest BCUT2D eigenvalue weighted by Crippen LogP contribution is 2.10. The van der Waals surface area contributed by atoms with Crippen molar-refractivity contribution in [2.75, 3.05) is 5.73 Å². The van der Waals surface area contributed by atoms with Crippen molar-refractivity contribution in [3.8, 4) is 0 Å². The summed E-state index contributed by atoms with van der Waals surface area (Å²) in [6.07, 6.45) is 2.92. The first-order valence-electron chi connectivity index (χ1n) is 4.07. The Hall–Kier alpha value is -1.09. The minimum atomic E-state index is -0.274. The van der Waals surface area contributed by atoms with Crippen LogP contribution in [0.5, 0.6) is 0 Å². The highest BCUT2D eigenvalue weighted by molar-refractivity contribution is 5.38. The molecule has 1 unspecified atom stereocenters. The van der Waals surface area contributed by atoms with Crippen LogP contribution >= 0.6 is 0 Å². The van der Waals surface area contributed by atoms with Gasteiger partial charge in [-0.2, -0.15) is 0 Å². The Bertz CT molecular complexity index is 248. The van der Waals surface area contributed by atoms with Gasteiger partial charge in [-0.3, -0.25) is 0 Å². The monoisotopic (exact) mass is 166 g/mol. The van der Waals surface area contributed by atoms with Crippen LogP contribution in [0.25, 0.3) is 0 Å². The summed E-state index contributed by atoms with van der Waals surface area (Å²) in [6, 6.07) is 3.79. The topological polar surface area (TPSA) is 59.1 Å². The Kier molecular flexibility index (Phi) is 3.05. The molecule has 0 aliphatic heterocycles. The molecule has 0 aliphatic carbocycles. The zero-order valence-corrected chi connectivity index (χ0v) is 7.20. The molecule has 1 heterocycles. The lowest BCUT2D eigenvalue weighted by molar-refractivity contribution is 0.185. The van der Waals surface area contributed by atoms with Gasteiger partial charge in [0, 0.05) is 6.20 Å². The summed E-state index contributed by atoms with van der Waals surface area (Å²) < 4.78 is 0. The van der Waals surface area contributed by atoms with Gasteiger partial charge in [-0.05, 0) is 31.4 Å². The van der Waals surface area contributed by atoms with E-state index in [9.17, 15) is 0 Å². The molecule has 66 valence electrons. The molecule has 0 bridgehead atoms. The predicted molar refractivity (Wildman–Crippen MR) is 48.7 cm³/mol. The Morgan fingerprint density at radius 1 is 1.67 bits per heavy atom. The van der Waals surface area contributed by atoms with Crippen molar-refractivity contribution in [3.63, 3.8) is 0 Å². The van der Waals surface area contributed by atoms with Crippen molar-refractivity contribution >= 4 is 5.82 Å². The summed E-state index contributed by atoms with van der Waals surface area (Å²) in [7, 11) is 0. The molecule has 1 aromatic rings. The lowest BCUT2D eigenvalue weighted by Gasteiger charge is -2.05. The van der Waals surface area contributed by atoms with E-state index < -0.39 is 0 Å². The largest absolute Gasteiger partial charge is 0.393 e. The summed E-state index contributed by atoms with van der Waals surface area (Å²) in [5.41, 5.74) is 6.63. The summed E-state index contributed by atoms with van der Waals surface area (Å²) in [5.74, 6) is 0.568. The maximum atomic E-state index is 9.04. The number of aryl methyl sites for hydroxylation is 1. The van der Waals surface area contributed by atoms with Gasteiger partial charge >= 0.3 is 0 Å². The van der Waals surface area contributed by atoms with Crippen LogP contribution in [0.3, 0.4) is 0 Å². The van der Waals surface area contributed by atoms with Gasteiger partial charge in [0.05, 0.1) is 6.10 Å². The SMILES string of the molecule is CC(O)CCc1cccnc1N. The quantitative estimate of drug-likeness (QED) is 0.703. The zero-order chi connectivity index (χ0) is 8.97. The van der Waals surface area contributed by atoms with E-state index in [1.807, 2.05) is 12.1 Å². The molecule has 0 saturated heterocycles. The van der Waals surface area contributed by atoms with Crippen molar-refractivity contribution in [2.45, 2.75) is 25.9 Å². The molecule has 0 aromatic carbocycles. The van der Waals surface area contributed by atoms with Crippen molar-refractivity contribution in [2.24, 2.45) is 0 Å². The van der Waals surface area contributed by atoms with Crippen molar-refractivity contribution in [1.82, 2.24) is 4.98 Å². The van der Waals surface area contributed by atoms with Gasteiger partial charge in [0.15, 0.2) is 0 Å². The third-order valence-electron chi connectivity index (χ3n) is 1.76. The number of rotatable bonds is 3. The van der Waals surface area contributed by atoms with E-state index in [4.69, 9.17) is 10.8 Å². The van der Waals surface area contributed by atoms with Crippen LogP contribution < -0.4 is 5.73 Å². The summed E-state index contributed by atoms with van der Waals surface area (Å²) in [6.45, 7) is 1.77. The van der Waals surface area contributed by atoms with Crippen LogP contribution in [0.1, 0.15) is 18.9 Å². The molecule has 3 heteroatoms. The highest BCUT2D eigenvalue weighted by atomic mass is 16.3. The van der Waals surface area contributed by atoms with E-state index >= 15 is 0 Å². The van der Waals surface area contributed by atoms with Crippen LogP contribution in [0.2, 0.25) is 0 Å².